The molecule has 0 unspecified atom stereocenters. The Balaban J connectivity index is 1.30. The first-order chi connectivity index (χ1) is 21.3. The highest BCUT2D eigenvalue weighted by Gasteiger charge is 2.52. The fourth-order valence-electron chi connectivity index (χ4n) is 11.0. The summed E-state index contributed by atoms with van der Waals surface area (Å²) in [6.45, 7) is 0.215. The van der Waals surface area contributed by atoms with E-state index in [-0.39, 0.29) is 6.71 Å². The van der Waals surface area contributed by atoms with E-state index in [0.717, 1.165) is 17.8 Å². The summed E-state index contributed by atoms with van der Waals surface area (Å²) >= 11 is 0. The molecule has 3 heterocycles. The third kappa shape index (κ3) is 2.91. The Morgan fingerprint density at radius 1 is 0.581 bits per heavy atom. The average molecular weight is 553 g/mol. The van der Waals surface area contributed by atoms with Crippen molar-refractivity contribution < 1.29 is 0 Å². The number of nitrogens with zero attached hydrogens (tertiary/aromatic N) is 2. The van der Waals surface area contributed by atoms with Crippen LogP contribution in [0.25, 0.3) is 27.5 Å². The van der Waals surface area contributed by atoms with Crippen molar-refractivity contribution in [2.75, 3.05) is 4.90 Å². The third-order valence-electron chi connectivity index (χ3n) is 12.1. The van der Waals surface area contributed by atoms with E-state index in [1.165, 1.54) is 99.5 Å². The molecule has 0 saturated heterocycles. The van der Waals surface area contributed by atoms with E-state index >= 15 is 0 Å². The van der Waals surface area contributed by atoms with E-state index in [0.29, 0.717) is 5.41 Å². The molecule has 43 heavy (non-hydrogen) atoms. The summed E-state index contributed by atoms with van der Waals surface area (Å²) in [7, 11) is 0. The predicted molar refractivity (Wildman–Crippen MR) is 180 cm³/mol. The molecule has 5 aromatic carbocycles. The second kappa shape index (κ2) is 8.02. The van der Waals surface area contributed by atoms with Crippen LogP contribution in [0.1, 0.15) is 44.1 Å². The van der Waals surface area contributed by atoms with Crippen molar-refractivity contribution in [3.63, 3.8) is 0 Å². The summed E-state index contributed by atoms with van der Waals surface area (Å²) in [5.74, 6) is 2.74. The van der Waals surface area contributed by atoms with E-state index in [9.17, 15) is 0 Å². The zero-order valence-corrected chi connectivity index (χ0v) is 24.3. The average Bonchev–Trinajstić information content (AvgIpc) is 3.38. The lowest BCUT2D eigenvalue weighted by Crippen LogP contribution is -2.60. The molecule has 0 atom stereocenters. The number of hydrogen-bond donors (Lipinski definition) is 0. The minimum Gasteiger partial charge on any atom is -0.311 e. The highest BCUT2D eigenvalue weighted by molar-refractivity contribution is 7.00. The van der Waals surface area contributed by atoms with Crippen LogP contribution in [0.2, 0.25) is 0 Å². The Bertz CT molecular complexity index is 2100. The van der Waals surface area contributed by atoms with E-state index in [2.05, 4.69) is 119 Å². The molecule has 4 aliphatic carbocycles. The molecule has 6 aliphatic rings. The van der Waals surface area contributed by atoms with Gasteiger partial charge in [-0.3, -0.25) is 0 Å². The SMILES string of the molecule is c1ccc(N2c3ccccc3B3c4c2cc(C25CC6CC(CC(C6)C2)C5)cc4-n2c4ccccc4c4cccc3c42)cc1. The van der Waals surface area contributed by atoms with Gasteiger partial charge in [0.2, 0.25) is 0 Å². The van der Waals surface area contributed by atoms with Gasteiger partial charge in [-0.15, -0.1) is 0 Å². The van der Waals surface area contributed by atoms with Crippen molar-refractivity contribution in [3.05, 3.63) is 115 Å². The van der Waals surface area contributed by atoms with Crippen molar-refractivity contribution >= 4 is 62.0 Å². The van der Waals surface area contributed by atoms with Crippen LogP contribution in [0.5, 0.6) is 0 Å². The van der Waals surface area contributed by atoms with Gasteiger partial charge in [0.15, 0.2) is 0 Å². The van der Waals surface area contributed by atoms with Gasteiger partial charge in [0.05, 0.1) is 5.52 Å². The van der Waals surface area contributed by atoms with Gasteiger partial charge >= 0.3 is 0 Å². The molecule has 4 saturated carbocycles. The highest BCUT2D eigenvalue weighted by atomic mass is 15.2. The molecular formula is C40H33BN2. The summed E-state index contributed by atoms with van der Waals surface area (Å²) in [4.78, 5) is 2.59. The third-order valence-corrected chi connectivity index (χ3v) is 12.1. The molecule has 6 aromatic rings. The van der Waals surface area contributed by atoms with Crippen molar-refractivity contribution in [1.29, 1.82) is 0 Å². The Hall–Kier alpha value is -4.24. The summed E-state index contributed by atoms with van der Waals surface area (Å²) in [6.07, 6.45) is 8.54. The number of fused-ring (bicyclic) bond motifs is 7. The first-order valence-electron chi connectivity index (χ1n) is 16.4. The van der Waals surface area contributed by atoms with Crippen LogP contribution in [-0.4, -0.2) is 11.3 Å². The van der Waals surface area contributed by atoms with Crippen LogP contribution < -0.4 is 21.3 Å². The maximum atomic E-state index is 2.68. The summed E-state index contributed by atoms with van der Waals surface area (Å²) < 4.78 is 2.65. The highest BCUT2D eigenvalue weighted by Crippen LogP contribution is 2.61. The Labute approximate surface area is 253 Å². The van der Waals surface area contributed by atoms with Crippen molar-refractivity contribution in [2.24, 2.45) is 17.8 Å². The van der Waals surface area contributed by atoms with Gasteiger partial charge in [0.1, 0.15) is 0 Å². The van der Waals surface area contributed by atoms with Gasteiger partial charge in [-0.2, -0.15) is 0 Å². The van der Waals surface area contributed by atoms with Crippen molar-refractivity contribution in [2.45, 2.75) is 43.9 Å². The molecule has 12 rings (SSSR count). The van der Waals surface area contributed by atoms with E-state index in [1.807, 2.05) is 0 Å². The Morgan fingerprint density at radius 3 is 2.05 bits per heavy atom. The Kier molecular flexibility index (Phi) is 4.34. The minimum absolute atomic E-state index is 0.215. The van der Waals surface area contributed by atoms with Gasteiger partial charge in [-0.05, 0) is 120 Å². The molecule has 0 spiro atoms. The second-order valence-electron chi connectivity index (χ2n) is 14.4. The summed E-state index contributed by atoms with van der Waals surface area (Å²) in [5.41, 5.74) is 14.3. The molecule has 4 fully saturated rings. The molecule has 2 nitrogen and oxygen atoms in total. The number of benzene rings is 5. The van der Waals surface area contributed by atoms with E-state index in [4.69, 9.17) is 0 Å². The lowest BCUT2D eigenvalue weighted by Gasteiger charge is -2.57. The monoisotopic (exact) mass is 552 g/mol. The molecule has 2 aliphatic heterocycles. The molecule has 3 heteroatoms. The normalized spacial score (nSPS) is 25.8. The van der Waals surface area contributed by atoms with Gasteiger partial charge < -0.3 is 9.47 Å². The quantitative estimate of drug-likeness (QED) is 0.198. The molecule has 206 valence electrons. The van der Waals surface area contributed by atoms with Crippen molar-refractivity contribution in [1.82, 2.24) is 4.57 Å². The van der Waals surface area contributed by atoms with Gasteiger partial charge in [-0.25, -0.2) is 0 Å². The molecular weight excluding hydrogens is 519 g/mol. The zero-order chi connectivity index (χ0) is 27.9. The number of aromatic nitrogens is 1. The van der Waals surface area contributed by atoms with Crippen LogP contribution in [0, 0.1) is 17.8 Å². The van der Waals surface area contributed by atoms with Crippen LogP contribution in [0.4, 0.5) is 17.1 Å². The number of para-hydroxylation sites is 4. The maximum Gasteiger partial charge on any atom is 0.252 e. The number of rotatable bonds is 2. The smallest absolute Gasteiger partial charge is 0.252 e. The molecule has 0 amide bonds. The standard InChI is InChI=1S/C40H33BN2/c1-2-9-29(10-3-1)42-35-16-7-5-13-32(35)41-33-14-8-12-31-30-11-4-6-15-34(30)43(39(31)33)37-21-28(20-36(42)38(37)41)40-22-25-17-26(23-40)19-27(18-25)24-40/h1-16,20-21,25-27H,17-19,22-24H2. The second-order valence-corrected chi connectivity index (χ2v) is 14.4. The molecule has 4 bridgehead atoms. The van der Waals surface area contributed by atoms with Crippen LogP contribution in [0.15, 0.2) is 109 Å². The lowest BCUT2D eigenvalue weighted by molar-refractivity contribution is -0.00516. The van der Waals surface area contributed by atoms with Gasteiger partial charge in [0.25, 0.3) is 6.71 Å². The maximum absolute atomic E-state index is 2.68. The molecule has 1 aromatic heterocycles. The lowest BCUT2D eigenvalue weighted by atomic mass is 9.33. The largest absolute Gasteiger partial charge is 0.311 e. The fourth-order valence-corrected chi connectivity index (χ4v) is 11.0. The molecule has 0 N–H and O–H groups in total. The van der Waals surface area contributed by atoms with E-state index in [1.54, 1.807) is 5.56 Å². The van der Waals surface area contributed by atoms with Crippen LogP contribution >= 0.6 is 0 Å². The van der Waals surface area contributed by atoms with Crippen LogP contribution in [-0.2, 0) is 5.41 Å². The van der Waals surface area contributed by atoms with Gasteiger partial charge in [-0.1, -0.05) is 72.8 Å². The van der Waals surface area contributed by atoms with Crippen molar-refractivity contribution in [3.8, 4) is 5.69 Å². The molecule has 0 radical (unpaired) electrons. The first-order valence-corrected chi connectivity index (χ1v) is 16.4. The first kappa shape index (κ1) is 23.2. The summed E-state index contributed by atoms with van der Waals surface area (Å²) in [5, 5.41) is 2.74. The minimum atomic E-state index is 0.215. The number of anilines is 3. The topological polar surface area (TPSA) is 8.17 Å². The van der Waals surface area contributed by atoms with Crippen LogP contribution in [0.3, 0.4) is 0 Å². The summed E-state index contributed by atoms with van der Waals surface area (Å²) in [6, 6.07) is 41.8. The fraction of sp³-hybridized carbons (Fsp3) is 0.250. The van der Waals surface area contributed by atoms with Gasteiger partial charge in [0, 0.05) is 39.0 Å². The zero-order valence-electron chi connectivity index (χ0n) is 24.3. The number of hydrogen-bond acceptors (Lipinski definition) is 1. The predicted octanol–water partition coefficient (Wildman–Crippen LogP) is 7.86. The van der Waals surface area contributed by atoms with E-state index < -0.39 is 0 Å². The Morgan fingerprint density at radius 2 is 1.23 bits per heavy atom.